The van der Waals surface area contributed by atoms with E-state index in [1.165, 1.54) is 25.7 Å². The van der Waals surface area contributed by atoms with Crippen molar-refractivity contribution in [3.05, 3.63) is 12.2 Å². The Labute approximate surface area is 110 Å². The first kappa shape index (κ1) is 12.3. The third kappa shape index (κ3) is 2.00. The molecule has 4 atom stereocenters. The zero-order valence-electron chi connectivity index (χ0n) is 11.5. The number of amides is 1. The van der Waals surface area contributed by atoms with Crippen molar-refractivity contribution in [3.63, 3.8) is 0 Å². The first-order chi connectivity index (χ1) is 8.81. The van der Waals surface area contributed by atoms with Crippen LogP contribution in [-0.2, 0) is 4.79 Å². The number of allylic oxidation sites excluding steroid dienone is 1. The second kappa shape index (κ2) is 5.07. The van der Waals surface area contributed by atoms with Crippen LogP contribution < -0.4 is 0 Å². The number of hydrogen-bond acceptors (Lipinski definition) is 1. The molecule has 100 valence electrons. The van der Waals surface area contributed by atoms with Gasteiger partial charge in [-0.05, 0) is 37.5 Å². The highest BCUT2D eigenvalue weighted by Gasteiger charge is 2.46. The van der Waals surface area contributed by atoms with Gasteiger partial charge < -0.3 is 4.90 Å². The minimum atomic E-state index is 0.416. The number of fused-ring (bicyclic) bond motifs is 2. The number of piperidine rings is 1. The largest absolute Gasteiger partial charge is 0.339 e. The lowest BCUT2D eigenvalue weighted by Gasteiger charge is -2.48. The summed E-state index contributed by atoms with van der Waals surface area (Å²) in [4.78, 5) is 14.2. The van der Waals surface area contributed by atoms with Crippen LogP contribution >= 0.6 is 0 Å². The normalized spacial score (nSPS) is 40.1. The molecule has 0 aromatic rings. The molecule has 1 amide bonds. The van der Waals surface area contributed by atoms with Gasteiger partial charge in [-0.15, -0.1) is 0 Å². The summed E-state index contributed by atoms with van der Waals surface area (Å²) in [6.07, 6.45) is 13.3. The fourth-order valence-electron chi connectivity index (χ4n) is 4.47. The molecule has 0 spiro atoms. The molecule has 0 aromatic carbocycles. The monoisotopic (exact) mass is 247 g/mol. The molecule has 2 nitrogen and oxygen atoms in total. The van der Waals surface area contributed by atoms with Crippen LogP contribution in [0.15, 0.2) is 12.2 Å². The van der Waals surface area contributed by atoms with Gasteiger partial charge in [-0.1, -0.05) is 31.9 Å². The molecule has 18 heavy (non-hydrogen) atoms. The Morgan fingerprint density at radius 1 is 1.28 bits per heavy atom. The molecule has 0 N–H and O–H groups in total. The molecular formula is C16H25NO. The van der Waals surface area contributed by atoms with Crippen molar-refractivity contribution in [3.8, 4) is 0 Å². The Hall–Kier alpha value is -0.790. The molecule has 1 saturated carbocycles. The lowest BCUT2D eigenvalue weighted by molar-refractivity contribution is -0.133. The van der Waals surface area contributed by atoms with Crippen LogP contribution in [0.25, 0.3) is 0 Å². The zero-order valence-corrected chi connectivity index (χ0v) is 11.5. The number of rotatable bonds is 2. The number of carbonyl (C=O) groups is 1. The maximum Gasteiger partial charge on any atom is 0.222 e. The molecule has 3 rings (SSSR count). The molecule has 3 unspecified atom stereocenters. The van der Waals surface area contributed by atoms with E-state index in [2.05, 4.69) is 24.0 Å². The fourth-order valence-corrected chi connectivity index (χ4v) is 4.47. The Balaban J connectivity index is 1.85. The van der Waals surface area contributed by atoms with Gasteiger partial charge in [0.25, 0.3) is 0 Å². The molecule has 0 radical (unpaired) electrons. The lowest BCUT2D eigenvalue weighted by Crippen LogP contribution is -2.51. The number of carbonyl (C=O) groups excluding carboxylic acids is 1. The van der Waals surface area contributed by atoms with E-state index < -0.39 is 0 Å². The maximum absolute atomic E-state index is 12.0. The molecule has 3 fully saturated rings. The zero-order chi connectivity index (χ0) is 12.5. The topological polar surface area (TPSA) is 20.3 Å². The molecule has 2 heteroatoms. The molecule has 2 saturated heterocycles. The molecule has 1 aliphatic carbocycles. The van der Waals surface area contributed by atoms with Gasteiger partial charge in [-0.3, -0.25) is 4.79 Å². The Bertz CT molecular complexity index is 349. The molecule has 0 bridgehead atoms. The van der Waals surface area contributed by atoms with E-state index in [-0.39, 0.29) is 0 Å². The van der Waals surface area contributed by atoms with Crippen LogP contribution in [0.2, 0.25) is 0 Å². The first-order valence-electron chi connectivity index (χ1n) is 7.77. The van der Waals surface area contributed by atoms with Gasteiger partial charge in [-0.2, -0.15) is 0 Å². The minimum Gasteiger partial charge on any atom is -0.339 e. The van der Waals surface area contributed by atoms with Crippen molar-refractivity contribution in [1.82, 2.24) is 4.90 Å². The van der Waals surface area contributed by atoms with Crippen LogP contribution in [0.1, 0.15) is 51.9 Å². The van der Waals surface area contributed by atoms with Gasteiger partial charge in [0.2, 0.25) is 5.91 Å². The van der Waals surface area contributed by atoms with Crippen LogP contribution in [0.4, 0.5) is 0 Å². The number of hydrogen-bond donors (Lipinski definition) is 0. The van der Waals surface area contributed by atoms with E-state index in [0.717, 1.165) is 37.6 Å². The smallest absolute Gasteiger partial charge is 0.222 e. The number of nitrogens with zero attached hydrogens (tertiary/aromatic N) is 1. The van der Waals surface area contributed by atoms with Crippen molar-refractivity contribution in [2.45, 2.75) is 57.9 Å². The summed E-state index contributed by atoms with van der Waals surface area (Å²) in [6, 6.07) is 0.527. The molecule has 2 aliphatic heterocycles. The van der Waals surface area contributed by atoms with Crippen molar-refractivity contribution in [2.75, 3.05) is 6.54 Å². The third-order valence-electron chi connectivity index (χ3n) is 5.31. The van der Waals surface area contributed by atoms with Crippen molar-refractivity contribution in [2.24, 2.45) is 17.8 Å². The summed E-state index contributed by atoms with van der Waals surface area (Å²) in [7, 11) is 0. The van der Waals surface area contributed by atoms with E-state index in [9.17, 15) is 4.79 Å². The summed E-state index contributed by atoms with van der Waals surface area (Å²) < 4.78 is 0. The second-order valence-corrected chi connectivity index (χ2v) is 6.27. The van der Waals surface area contributed by atoms with Gasteiger partial charge >= 0.3 is 0 Å². The quantitative estimate of drug-likeness (QED) is 0.685. The predicted octanol–water partition coefficient (Wildman–Crippen LogP) is 3.38. The molecular weight excluding hydrogens is 222 g/mol. The van der Waals surface area contributed by atoms with Crippen molar-refractivity contribution in [1.29, 1.82) is 0 Å². The molecule has 2 heterocycles. The van der Waals surface area contributed by atoms with Gasteiger partial charge in [0.05, 0.1) is 0 Å². The van der Waals surface area contributed by atoms with E-state index in [1.54, 1.807) is 0 Å². The Morgan fingerprint density at radius 3 is 2.94 bits per heavy atom. The summed E-state index contributed by atoms with van der Waals surface area (Å²) in [5.74, 6) is 2.70. The van der Waals surface area contributed by atoms with E-state index >= 15 is 0 Å². The SMILES string of the molecule is CC/C=C/C1C2CCCCC2CN2C(=O)CC[C@H]12. The third-order valence-corrected chi connectivity index (χ3v) is 5.31. The molecule has 3 aliphatic rings. The van der Waals surface area contributed by atoms with Crippen LogP contribution in [0, 0.1) is 17.8 Å². The van der Waals surface area contributed by atoms with Crippen molar-refractivity contribution >= 4 is 5.91 Å². The highest BCUT2D eigenvalue weighted by molar-refractivity contribution is 5.79. The van der Waals surface area contributed by atoms with Crippen LogP contribution in [0.5, 0.6) is 0 Å². The van der Waals surface area contributed by atoms with Gasteiger partial charge in [0.15, 0.2) is 0 Å². The minimum absolute atomic E-state index is 0.416. The second-order valence-electron chi connectivity index (χ2n) is 6.27. The first-order valence-corrected chi connectivity index (χ1v) is 7.77. The standard InChI is InChI=1S/C16H25NO/c1-2-3-7-14-13-8-5-4-6-12(13)11-17-15(14)9-10-16(17)18/h3,7,12-15H,2,4-6,8-11H2,1H3/b7-3+/t12?,13?,14?,15-/m1/s1. The Kier molecular flexibility index (Phi) is 3.45. The predicted molar refractivity (Wildman–Crippen MR) is 73.1 cm³/mol. The highest BCUT2D eigenvalue weighted by atomic mass is 16.2. The van der Waals surface area contributed by atoms with Crippen LogP contribution in [0.3, 0.4) is 0 Å². The summed E-state index contributed by atoms with van der Waals surface area (Å²) >= 11 is 0. The summed E-state index contributed by atoms with van der Waals surface area (Å²) in [6.45, 7) is 3.26. The highest BCUT2D eigenvalue weighted by Crippen LogP contribution is 2.46. The fraction of sp³-hybridized carbons (Fsp3) is 0.812. The van der Waals surface area contributed by atoms with E-state index in [1.807, 2.05) is 0 Å². The van der Waals surface area contributed by atoms with Gasteiger partial charge in [-0.25, -0.2) is 0 Å². The Morgan fingerprint density at radius 2 is 2.11 bits per heavy atom. The maximum atomic E-state index is 12.0. The van der Waals surface area contributed by atoms with Crippen LogP contribution in [-0.4, -0.2) is 23.4 Å². The lowest BCUT2D eigenvalue weighted by atomic mass is 9.67. The average molecular weight is 247 g/mol. The molecule has 0 aromatic heterocycles. The van der Waals surface area contributed by atoms with Gasteiger partial charge in [0.1, 0.15) is 0 Å². The summed E-state index contributed by atoms with van der Waals surface area (Å²) in [5, 5.41) is 0. The summed E-state index contributed by atoms with van der Waals surface area (Å²) in [5.41, 5.74) is 0. The van der Waals surface area contributed by atoms with Crippen molar-refractivity contribution < 1.29 is 4.79 Å². The van der Waals surface area contributed by atoms with Gasteiger partial charge in [0, 0.05) is 24.9 Å². The van der Waals surface area contributed by atoms with E-state index in [0.29, 0.717) is 17.9 Å². The van der Waals surface area contributed by atoms with E-state index in [4.69, 9.17) is 0 Å². The average Bonchev–Trinajstić information content (AvgIpc) is 2.76.